The van der Waals surface area contributed by atoms with Crippen LogP contribution in [0.4, 0.5) is 0 Å². The summed E-state index contributed by atoms with van der Waals surface area (Å²) in [4.78, 5) is 13.6. The van der Waals surface area contributed by atoms with E-state index in [-0.39, 0.29) is 5.97 Å². The maximum absolute atomic E-state index is 12.3. The third-order valence-electron chi connectivity index (χ3n) is 4.62. The van der Waals surface area contributed by atoms with Gasteiger partial charge in [0.2, 0.25) is 0 Å². The van der Waals surface area contributed by atoms with Gasteiger partial charge in [-0.2, -0.15) is 0 Å². The Morgan fingerprint density at radius 1 is 1.45 bits per heavy atom. The van der Waals surface area contributed by atoms with Crippen molar-refractivity contribution >= 4 is 17.7 Å². The van der Waals surface area contributed by atoms with E-state index in [2.05, 4.69) is 24.3 Å². The predicted molar refractivity (Wildman–Crippen MR) is 80.6 cm³/mol. The summed E-state index contributed by atoms with van der Waals surface area (Å²) in [6, 6.07) is 8.51. The normalized spacial score (nSPS) is 24.0. The summed E-state index contributed by atoms with van der Waals surface area (Å²) in [6.07, 6.45) is 4.08. The SMILES string of the molecule is COC(=O)C(CN)(CC1Cc2ccccc2S1)C1CC1. The van der Waals surface area contributed by atoms with Crippen molar-refractivity contribution in [3.8, 4) is 0 Å². The summed E-state index contributed by atoms with van der Waals surface area (Å²) in [5.74, 6) is 0.309. The highest BCUT2D eigenvalue weighted by molar-refractivity contribution is 8.00. The van der Waals surface area contributed by atoms with E-state index in [0.29, 0.717) is 17.7 Å². The summed E-state index contributed by atoms with van der Waals surface area (Å²) in [7, 11) is 1.48. The Morgan fingerprint density at radius 2 is 2.20 bits per heavy atom. The molecule has 1 fully saturated rings. The monoisotopic (exact) mass is 291 g/mol. The molecule has 1 aromatic carbocycles. The van der Waals surface area contributed by atoms with Gasteiger partial charge in [0, 0.05) is 16.7 Å². The van der Waals surface area contributed by atoms with Gasteiger partial charge >= 0.3 is 5.97 Å². The van der Waals surface area contributed by atoms with Gasteiger partial charge in [-0.1, -0.05) is 18.2 Å². The minimum absolute atomic E-state index is 0.112. The Kier molecular flexibility index (Phi) is 3.78. The van der Waals surface area contributed by atoms with Crippen molar-refractivity contribution in [1.82, 2.24) is 0 Å². The lowest BCUT2D eigenvalue weighted by Gasteiger charge is -2.31. The van der Waals surface area contributed by atoms with Crippen molar-refractivity contribution in [3.63, 3.8) is 0 Å². The molecule has 108 valence electrons. The van der Waals surface area contributed by atoms with Crippen LogP contribution in [-0.4, -0.2) is 24.9 Å². The molecular formula is C16H21NO2S. The molecule has 3 rings (SSSR count). The largest absolute Gasteiger partial charge is 0.469 e. The highest BCUT2D eigenvalue weighted by Gasteiger charge is 2.52. The van der Waals surface area contributed by atoms with Crippen LogP contribution in [0.25, 0.3) is 0 Å². The lowest BCUT2D eigenvalue weighted by Crippen LogP contribution is -2.43. The van der Waals surface area contributed by atoms with E-state index in [1.54, 1.807) is 0 Å². The van der Waals surface area contributed by atoms with E-state index >= 15 is 0 Å². The molecule has 0 saturated heterocycles. The van der Waals surface area contributed by atoms with Crippen LogP contribution in [0.1, 0.15) is 24.8 Å². The van der Waals surface area contributed by atoms with Crippen LogP contribution in [0.15, 0.2) is 29.2 Å². The van der Waals surface area contributed by atoms with Crippen molar-refractivity contribution in [2.75, 3.05) is 13.7 Å². The summed E-state index contributed by atoms with van der Waals surface area (Å²) >= 11 is 1.89. The van der Waals surface area contributed by atoms with Crippen LogP contribution in [0.2, 0.25) is 0 Å². The first-order valence-electron chi connectivity index (χ1n) is 7.22. The summed E-state index contributed by atoms with van der Waals surface area (Å²) < 4.78 is 5.07. The first-order chi connectivity index (χ1) is 9.69. The lowest BCUT2D eigenvalue weighted by atomic mass is 9.77. The molecule has 1 saturated carbocycles. The maximum atomic E-state index is 12.3. The van der Waals surface area contributed by atoms with Crippen LogP contribution >= 0.6 is 11.8 Å². The van der Waals surface area contributed by atoms with Gasteiger partial charge in [0.1, 0.15) is 0 Å². The number of fused-ring (bicyclic) bond motifs is 1. The molecule has 2 N–H and O–H groups in total. The number of hydrogen-bond acceptors (Lipinski definition) is 4. The number of carbonyl (C=O) groups is 1. The predicted octanol–water partition coefficient (Wildman–Crippen LogP) is 2.62. The zero-order chi connectivity index (χ0) is 14.2. The number of benzene rings is 1. The first kappa shape index (κ1) is 14.0. The second-order valence-corrected chi connectivity index (χ2v) is 7.22. The average Bonchev–Trinajstić information content (AvgIpc) is 3.24. The molecule has 1 heterocycles. The van der Waals surface area contributed by atoms with Gasteiger partial charge in [-0.05, 0) is 43.2 Å². The van der Waals surface area contributed by atoms with E-state index in [4.69, 9.17) is 10.5 Å². The van der Waals surface area contributed by atoms with Gasteiger partial charge in [0.25, 0.3) is 0 Å². The molecule has 3 nitrogen and oxygen atoms in total. The fourth-order valence-electron chi connectivity index (χ4n) is 3.36. The van der Waals surface area contributed by atoms with Crippen molar-refractivity contribution in [2.45, 2.75) is 35.8 Å². The lowest BCUT2D eigenvalue weighted by molar-refractivity contribution is -0.154. The van der Waals surface area contributed by atoms with Crippen LogP contribution in [0.3, 0.4) is 0 Å². The standard InChI is InChI=1S/C16H21NO2S/c1-19-15(18)16(10-17,12-6-7-12)9-13-8-11-4-2-3-5-14(11)20-13/h2-5,12-13H,6-10,17H2,1H3. The highest BCUT2D eigenvalue weighted by Crippen LogP contribution is 2.52. The Bertz CT molecular complexity index is 490. The molecule has 0 amide bonds. The van der Waals surface area contributed by atoms with Gasteiger partial charge in [-0.25, -0.2) is 0 Å². The first-order valence-corrected chi connectivity index (χ1v) is 8.10. The second kappa shape index (κ2) is 5.41. The summed E-state index contributed by atoms with van der Waals surface area (Å²) in [5, 5.41) is 0.440. The molecule has 0 bridgehead atoms. The zero-order valence-electron chi connectivity index (χ0n) is 11.8. The Hall–Kier alpha value is -1.00. The smallest absolute Gasteiger partial charge is 0.313 e. The molecule has 1 aliphatic heterocycles. The van der Waals surface area contributed by atoms with Gasteiger partial charge in [-0.15, -0.1) is 11.8 Å². The molecule has 2 unspecified atom stereocenters. The Balaban J connectivity index is 1.77. The van der Waals surface area contributed by atoms with Crippen molar-refractivity contribution < 1.29 is 9.53 Å². The highest BCUT2D eigenvalue weighted by atomic mass is 32.2. The van der Waals surface area contributed by atoms with Gasteiger partial charge in [0.15, 0.2) is 0 Å². The Labute approximate surface area is 124 Å². The molecule has 2 aliphatic rings. The fraction of sp³-hybridized carbons (Fsp3) is 0.562. The maximum Gasteiger partial charge on any atom is 0.313 e. The molecule has 0 spiro atoms. The van der Waals surface area contributed by atoms with E-state index in [1.807, 2.05) is 11.8 Å². The molecule has 1 aromatic rings. The average molecular weight is 291 g/mol. The topological polar surface area (TPSA) is 52.3 Å². The number of rotatable bonds is 5. The number of nitrogens with two attached hydrogens (primary N) is 1. The number of thioether (sulfide) groups is 1. The quantitative estimate of drug-likeness (QED) is 0.847. The van der Waals surface area contributed by atoms with Crippen molar-refractivity contribution in [2.24, 2.45) is 17.1 Å². The molecule has 1 aliphatic carbocycles. The summed E-state index contributed by atoms with van der Waals surface area (Å²) in [5.41, 5.74) is 6.93. The van der Waals surface area contributed by atoms with Crippen LogP contribution in [0.5, 0.6) is 0 Å². The minimum atomic E-state index is -0.464. The van der Waals surface area contributed by atoms with Crippen LogP contribution < -0.4 is 5.73 Å². The number of methoxy groups -OCH3 is 1. The number of carbonyl (C=O) groups excluding carboxylic acids is 1. The van der Waals surface area contributed by atoms with Crippen LogP contribution in [0, 0.1) is 11.3 Å². The third kappa shape index (κ3) is 2.35. The Morgan fingerprint density at radius 3 is 2.80 bits per heavy atom. The van der Waals surface area contributed by atoms with Crippen LogP contribution in [-0.2, 0) is 16.0 Å². The zero-order valence-corrected chi connectivity index (χ0v) is 12.6. The molecular weight excluding hydrogens is 270 g/mol. The summed E-state index contributed by atoms with van der Waals surface area (Å²) in [6.45, 7) is 0.401. The van der Waals surface area contributed by atoms with Crippen molar-refractivity contribution in [1.29, 1.82) is 0 Å². The number of esters is 1. The van der Waals surface area contributed by atoms with E-state index in [0.717, 1.165) is 25.7 Å². The molecule has 0 radical (unpaired) electrons. The van der Waals surface area contributed by atoms with E-state index in [9.17, 15) is 4.79 Å². The minimum Gasteiger partial charge on any atom is -0.469 e. The third-order valence-corrected chi connectivity index (χ3v) is 5.94. The molecule has 20 heavy (non-hydrogen) atoms. The number of ether oxygens (including phenoxy) is 1. The van der Waals surface area contributed by atoms with Gasteiger partial charge < -0.3 is 10.5 Å². The van der Waals surface area contributed by atoms with E-state index < -0.39 is 5.41 Å². The molecule has 2 atom stereocenters. The van der Waals surface area contributed by atoms with Gasteiger partial charge in [0.05, 0.1) is 12.5 Å². The number of hydrogen-bond donors (Lipinski definition) is 1. The van der Waals surface area contributed by atoms with E-state index in [1.165, 1.54) is 17.6 Å². The second-order valence-electron chi connectivity index (χ2n) is 5.88. The van der Waals surface area contributed by atoms with Crippen molar-refractivity contribution in [3.05, 3.63) is 29.8 Å². The van der Waals surface area contributed by atoms with Gasteiger partial charge in [-0.3, -0.25) is 4.79 Å². The molecule has 0 aromatic heterocycles. The fourth-order valence-corrected chi connectivity index (χ4v) is 4.83. The molecule has 4 heteroatoms.